The lowest BCUT2D eigenvalue weighted by Gasteiger charge is -2.41. The Morgan fingerprint density at radius 1 is 1.27 bits per heavy atom. The zero-order valence-electron chi connectivity index (χ0n) is 12.5. The number of hydrogen-bond donors (Lipinski definition) is 2. The Labute approximate surface area is 128 Å². The summed E-state index contributed by atoms with van der Waals surface area (Å²) in [5, 5.41) is 2.75. The van der Waals surface area contributed by atoms with Gasteiger partial charge in [0.2, 0.25) is 5.91 Å². The second kappa shape index (κ2) is 7.13. The zero-order chi connectivity index (χ0) is 16.0. The highest BCUT2D eigenvalue weighted by molar-refractivity contribution is 5.81. The number of hydrogen-bond acceptors (Lipinski definition) is 5. The van der Waals surface area contributed by atoms with Gasteiger partial charge in [-0.2, -0.15) is 0 Å². The minimum Gasteiger partial charge on any atom is -0.490 e. The van der Waals surface area contributed by atoms with Crippen LogP contribution >= 0.6 is 0 Å². The van der Waals surface area contributed by atoms with Gasteiger partial charge in [0.1, 0.15) is 0 Å². The molecule has 1 aliphatic heterocycles. The van der Waals surface area contributed by atoms with Gasteiger partial charge < -0.3 is 25.3 Å². The summed E-state index contributed by atoms with van der Waals surface area (Å²) in [6.07, 6.45) is 0.0499. The smallest absolute Gasteiger partial charge is 0.258 e. The molecule has 0 bridgehead atoms. The second-order valence-electron chi connectivity index (χ2n) is 5.13. The minimum absolute atomic E-state index is 0.0499. The molecule has 1 aliphatic rings. The first-order chi connectivity index (χ1) is 10.5. The molecule has 0 aromatic heterocycles. The van der Waals surface area contributed by atoms with Crippen molar-refractivity contribution >= 4 is 11.8 Å². The molecule has 1 saturated heterocycles. The Bertz CT molecular complexity index is 542. The predicted molar refractivity (Wildman–Crippen MR) is 78.6 cm³/mol. The van der Waals surface area contributed by atoms with Gasteiger partial charge in [0.25, 0.3) is 5.91 Å². The zero-order valence-corrected chi connectivity index (χ0v) is 12.5. The normalized spacial score (nSPS) is 15.5. The molecular formula is C15H20N2O5. The molecule has 0 saturated carbocycles. The summed E-state index contributed by atoms with van der Waals surface area (Å²) < 4.78 is 16.0. The Morgan fingerprint density at radius 2 is 1.91 bits per heavy atom. The maximum absolute atomic E-state index is 12.0. The molecule has 0 radical (unpaired) electrons. The third-order valence-corrected chi connectivity index (χ3v) is 3.18. The number of rotatable bonds is 8. The van der Waals surface area contributed by atoms with Crippen LogP contribution in [0.5, 0.6) is 11.5 Å². The van der Waals surface area contributed by atoms with Crippen molar-refractivity contribution in [3.8, 4) is 11.5 Å². The molecule has 1 aromatic carbocycles. The molecule has 1 fully saturated rings. The van der Waals surface area contributed by atoms with E-state index in [-0.39, 0.29) is 32.1 Å². The van der Waals surface area contributed by atoms with Crippen LogP contribution in [0.2, 0.25) is 0 Å². The number of nitrogens with one attached hydrogen (secondary N) is 1. The van der Waals surface area contributed by atoms with Crippen molar-refractivity contribution in [2.24, 2.45) is 5.73 Å². The molecule has 22 heavy (non-hydrogen) atoms. The van der Waals surface area contributed by atoms with E-state index in [2.05, 4.69) is 5.32 Å². The van der Waals surface area contributed by atoms with Crippen LogP contribution in [0, 0.1) is 0 Å². The molecule has 2 amide bonds. The fourth-order valence-corrected chi connectivity index (χ4v) is 2.22. The van der Waals surface area contributed by atoms with Crippen molar-refractivity contribution in [2.45, 2.75) is 18.9 Å². The first kappa shape index (κ1) is 16.1. The number of nitrogens with two attached hydrogens (primary N) is 1. The van der Waals surface area contributed by atoms with E-state index >= 15 is 0 Å². The average molecular weight is 308 g/mol. The molecule has 3 N–H and O–H groups in total. The van der Waals surface area contributed by atoms with Gasteiger partial charge in [-0.1, -0.05) is 12.1 Å². The topological polar surface area (TPSA) is 99.9 Å². The summed E-state index contributed by atoms with van der Waals surface area (Å²) in [4.78, 5) is 23.0. The second-order valence-corrected chi connectivity index (χ2v) is 5.13. The predicted octanol–water partition coefficient (Wildman–Crippen LogP) is 0.225. The number of amides is 2. The lowest BCUT2D eigenvalue weighted by molar-refractivity contribution is -0.139. The van der Waals surface area contributed by atoms with Crippen molar-refractivity contribution in [3.63, 3.8) is 0 Å². The monoisotopic (exact) mass is 308 g/mol. The molecule has 7 heteroatoms. The SMILES string of the molecule is CCOc1ccccc1OCC(=O)NC1(CC(N)=O)COC1. The molecular weight excluding hydrogens is 288 g/mol. The lowest BCUT2D eigenvalue weighted by Crippen LogP contribution is -2.64. The number of benzene rings is 1. The Kier molecular flexibility index (Phi) is 5.21. The van der Waals surface area contributed by atoms with E-state index in [1.165, 1.54) is 0 Å². The van der Waals surface area contributed by atoms with Crippen LogP contribution in [0.25, 0.3) is 0 Å². The number of carbonyl (C=O) groups is 2. The van der Waals surface area contributed by atoms with Crippen LogP contribution in [-0.2, 0) is 14.3 Å². The summed E-state index contributed by atoms with van der Waals surface area (Å²) in [7, 11) is 0. The van der Waals surface area contributed by atoms with Gasteiger partial charge in [0.15, 0.2) is 18.1 Å². The van der Waals surface area contributed by atoms with Gasteiger partial charge in [-0.25, -0.2) is 0 Å². The van der Waals surface area contributed by atoms with E-state index in [0.717, 1.165) is 0 Å². The molecule has 7 nitrogen and oxygen atoms in total. The van der Waals surface area contributed by atoms with Gasteiger partial charge >= 0.3 is 0 Å². The summed E-state index contributed by atoms with van der Waals surface area (Å²) in [6.45, 7) is 2.75. The summed E-state index contributed by atoms with van der Waals surface area (Å²) >= 11 is 0. The summed E-state index contributed by atoms with van der Waals surface area (Å²) in [5.74, 6) is 0.256. The fourth-order valence-electron chi connectivity index (χ4n) is 2.22. The van der Waals surface area contributed by atoms with Crippen LogP contribution in [0.1, 0.15) is 13.3 Å². The Hall–Kier alpha value is -2.28. The first-order valence-electron chi connectivity index (χ1n) is 7.06. The van der Waals surface area contributed by atoms with E-state index in [0.29, 0.717) is 18.1 Å². The van der Waals surface area contributed by atoms with E-state index in [4.69, 9.17) is 19.9 Å². The van der Waals surface area contributed by atoms with Crippen molar-refractivity contribution in [1.29, 1.82) is 0 Å². The minimum atomic E-state index is -0.703. The highest BCUT2D eigenvalue weighted by Gasteiger charge is 2.41. The molecule has 1 heterocycles. The van der Waals surface area contributed by atoms with Crippen molar-refractivity contribution in [2.75, 3.05) is 26.4 Å². The third kappa shape index (κ3) is 4.11. The summed E-state index contributed by atoms with van der Waals surface area (Å²) in [5.41, 5.74) is 4.49. The van der Waals surface area contributed by atoms with Crippen molar-refractivity contribution in [1.82, 2.24) is 5.32 Å². The fraction of sp³-hybridized carbons (Fsp3) is 0.467. The first-order valence-corrected chi connectivity index (χ1v) is 7.06. The largest absolute Gasteiger partial charge is 0.490 e. The van der Waals surface area contributed by atoms with Gasteiger partial charge in [-0.3, -0.25) is 9.59 Å². The molecule has 0 spiro atoms. The highest BCUT2D eigenvalue weighted by Crippen LogP contribution is 2.26. The Morgan fingerprint density at radius 3 is 2.41 bits per heavy atom. The van der Waals surface area contributed by atoms with Crippen LogP contribution in [0.15, 0.2) is 24.3 Å². The summed E-state index contributed by atoms with van der Waals surface area (Å²) in [6, 6.07) is 7.12. The number of para-hydroxylation sites is 2. The highest BCUT2D eigenvalue weighted by atomic mass is 16.5. The van der Waals surface area contributed by atoms with E-state index in [9.17, 15) is 9.59 Å². The van der Waals surface area contributed by atoms with Crippen LogP contribution < -0.4 is 20.5 Å². The molecule has 120 valence electrons. The van der Waals surface area contributed by atoms with Crippen LogP contribution in [0.3, 0.4) is 0 Å². The quantitative estimate of drug-likeness (QED) is 0.716. The van der Waals surface area contributed by atoms with E-state index < -0.39 is 11.4 Å². The van der Waals surface area contributed by atoms with Crippen LogP contribution in [0.4, 0.5) is 0 Å². The maximum Gasteiger partial charge on any atom is 0.258 e. The molecule has 1 aromatic rings. The van der Waals surface area contributed by atoms with Crippen molar-refractivity contribution < 1.29 is 23.8 Å². The van der Waals surface area contributed by atoms with E-state index in [1.54, 1.807) is 18.2 Å². The molecule has 0 unspecified atom stereocenters. The van der Waals surface area contributed by atoms with Crippen LogP contribution in [-0.4, -0.2) is 43.8 Å². The van der Waals surface area contributed by atoms with Gasteiger partial charge in [-0.05, 0) is 19.1 Å². The third-order valence-electron chi connectivity index (χ3n) is 3.18. The van der Waals surface area contributed by atoms with Gasteiger partial charge in [0.05, 0.1) is 31.8 Å². The number of carbonyl (C=O) groups excluding carboxylic acids is 2. The molecule has 2 rings (SSSR count). The van der Waals surface area contributed by atoms with Crippen molar-refractivity contribution in [3.05, 3.63) is 24.3 Å². The Balaban J connectivity index is 1.89. The van der Waals surface area contributed by atoms with Gasteiger partial charge in [0, 0.05) is 0 Å². The number of primary amides is 1. The number of ether oxygens (including phenoxy) is 3. The lowest BCUT2D eigenvalue weighted by atomic mass is 9.92. The molecule has 0 aliphatic carbocycles. The maximum atomic E-state index is 12.0. The molecule has 0 atom stereocenters. The average Bonchev–Trinajstić information content (AvgIpc) is 2.44. The van der Waals surface area contributed by atoms with E-state index in [1.807, 2.05) is 13.0 Å². The standard InChI is InChI=1S/C15H20N2O5/c1-2-21-11-5-3-4-6-12(11)22-8-14(19)17-15(7-13(16)18)9-20-10-15/h3-6H,2,7-10H2,1H3,(H2,16,18)(H,17,19). The van der Waals surface area contributed by atoms with Gasteiger partial charge in [-0.15, -0.1) is 0 Å².